The van der Waals surface area contributed by atoms with E-state index in [1.807, 2.05) is 6.26 Å². The van der Waals surface area contributed by atoms with Crippen molar-refractivity contribution in [2.24, 2.45) is 5.92 Å². The average molecular weight is 442 g/mol. The van der Waals surface area contributed by atoms with Crippen LogP contribution in [0.5, 0.6) is 0 Å². The van der Waals surface area contributed by atoms with Crippen LogP contribution in [0.2, 0.25) is 0 Å². The first-order valence-corrected chi connectivity index (χ1v) is 11.3. The molecule has 1 aromatic carbocycles. The minimum Gasteiger partial charge on any atom is -0.369 e. The summed E-state index contributed by atoms with van der Waals surface area (Å²) in [6, 6.07) is 6.75. The van der Waals surface area contributed by atoms with E-state index in [1.54, 1.807) is 35.1 Å². The van der Waals surface area contributed by atoms with Gasteiger partial charge in [0.05, 0.1) is 18.1 Å². The van der Waals surface area contributed by atoms with Crippen molar-refractivity contribution in [2.75, 3.05) is 30.0 Å². The molecule has 10 heteroatoms. The van der Waals surface area contributed by atoms with E-state index in [9.17, 15) is 9.59 Å². The molecule has 0 spiro atoms. The SMILES string of the molecule is CSc1nc(NCC(C)C)c2cnn(CCNC(=O)c3ccc(NC(C)=O)cc3)c2n1. The lowest BCUT2D eigenvalue weighted by Crippen LogP contribution is -2.27. The summed E-state index contributed by atoms with van der Waals surface area (Å²) in [7, 11) is 0. The van der Waals surface area contributed by atoms with Crippen molar-refractivity contribution in [1.82, 2.24) is 25.1 Å². The van der Waals surface area contributed by atoms with Gasteiger partial charge >= 0.3 is 0 Å². The molecule has 3 rings (SSSR count). The number of carbonyl (C=O) groups is 2. The minimum absolute atomic E-state index is 0.153. The number of hydrogen-bond donors (Lipinski definition) is 3. The molecular weight excluding hydrogens is 414 g/mol. The first-order chi connectivity index (χ1) is 14.9. The van der Waals surface area contributed by atoms with Gasteiger partial charge in [0.2, 0.25) is 5.91 Å². The van der Waals surface area contributed by atoms with Gasteiger partial charge in [0.15, 0.2) is 10.8 Å². The van der Waals surface area contributed by atoms with Gasteiger partial charge in [0.1, 0.15) is 5.82 Å². The van der Waals surface area contributed by atoms with Crippen LogP contribution in [0.1, 0.15) is 31.1 Å². The molecule has 0 fully saturated rings. The first kappa shape index (κ1) is 22.5. The van der Waals surface area contributed by atoms with E-state index in [-0.39, 0.29) is 11.8 Å². The molecule has 3 N–H and O–H groups in total. The molecule has 0 saturated heterocycles. The van der Waals surface area contributed by atoms with E-state index in [2.05, 4.69) is 44.9 Å². The lowest BCUT2D eigenvalue weighted by molar-refractivity contribution is -0.114. The molecule has 0 aliphatic rings. The predicted molar refractivity (Wildman–Crippen MR) is 124 cm³/mol. The molecule has 31 heavy (non-hydrogen) atoms. The molecule has 3 aromatic rings. The number of aromatic nitrogens is 4. The lowest BCUT2D eigenvalue weighted by atomic mass is 10.2. The standard InChI is InChI=1S/C21H27N7O2S/c1-13(2)11-23-18-17-12-24-28(19(17)27-21(26-18)31-4)10-9-22-20(30)15-5-7-16(8-6-15)25-14(3)29/h5-8,12-13H,9-11H2,1-4H3,(H,22,30)(H,25,29)(H,23,26,27). The van der Waals surface area contributed by atoms with Crippen LogP contribution >= 0.6 is 11.8 Å². The number of fused-ring (bicyclic) bond motifs is 1. The molecule has 9 nitrogen and oxygen atoms in total. The second-order valence-electron chi connectivity index (χ2n) is 7.45. The molecule has 0 aliphatic carbocycles. The Morgan fingerprint density at radius 2 is 1.90 bits per heavy atom. The quantitative estimate of drug-likeness (QED) is 0.345. The van der Waals surface area contributed by atoms with Crippen molar-refractivity contribution in [1.29, 1.82) is 0 Å². The fourth-order valence-corrected chi connectivity index (χ4v) is 3.27. The van der Waals surface area contributed by atoms with Gasteiger partial charge in [-0.05, 0) is 36.4 Å². The second kappa shape index (κ2) is 10.3. The zero-order valence-electron chi connectivity index (χ0n) is 18.1. The van der Waals surface area contributed by atoms with Crippen molar-refractivity contribution in [3.63, 3.8) is 0 Å². The van der Waals surface area contributed by atoms with Gasteiger partial charge in [0.25, 0.3) is 5.91 Å². The fourth-order valence-electron chi connectivity index (χ4n) is 2.91. The van der Waals surface area contributed by atoms with E-state index in [0.717, 1.165) is 23.4 Å². The number of carbonyl (C=O) groups excluding carboxylic acids is 2. The summed E-state index contributed by atoms with van der Waals surface area (Å²) in [5.74, 6) is 0.919. The lowest BCUT2D eigenvalue weighted by Gasteiger charge is -2.11. The van der Waals surface area contributed by atoms with Crippen molar-refractivity contribution < 1.29 is 9.59 Å². The predicted octanol–water partition coefficient (Wildman–Crippen LogP) is 3.00. The molecule has 164 valence electrons. The maximum Gasteiger partial charge on any atom is 0.251 e. The molecular formula is C21H27N7O2S. The highest BCUT2D eigenvalue weighted by Gasteiger charge is 2.13. The molecule has 2 amide bonds. The number of amides is 2. The van der Waals surface area contributed by atoms with Crippen LogP contribution in [0.3, 0.4) is 0 Å². The number of nitrogens with zero attached hydrogens (tertiary/aromatic N) is 4. The van der Waals surface area contributed by atoms with Gasteiger partial charge in [-0.3, -0.25) is 9.59 Å². The van der Waals surface area contributed by atoms with E-state index in [4.69, 9.17) is 0 Å². The van der Waals surface area contributed by atoms with Crippen LogP contribution in [0.25, 0.3) is 11.0 Å². The summed E-state index contributed by atoms with van der Waals surface area (Å²) in [6.07, 6.45) is 3.69. The molecule has 0 aliphatic heterocycles. The highest BCUT2D eigenvalue weighted by molar-refractivity contribution is 7.98. The highest BCUT2D eigenvalue weighted by atomic mass is 32.2. The van der Waals surface area contributed by atoms with E-state index < -0.39 is 0 Å². The number of benzene rings is 1. The van der Waals surface area contributed by atoms with Crippen molar-refractivity contribution in [3.05, 3.63) is 36.0 Å². The number of anilines is 2. The van der Waals surface area contributed by atoms with Crippen LogP contribution in [-0.2, 0) is 11.3 Å². The Morgan fingerprint density at radius 3 is 2.55 bits per heavy atom. The van der Waals surface area contributed by atoms with Gasteiger partial charge in [0, 0.05) is 31.3 Å². The van der Waals surface area contributed by atoms with Crippen molar-refractivity contribution >= 4 is 46.1 Å². The highest BCUT2D eigenvalue weighted by Crippen LogP contribution is 2.23. The zero-order valence-corrected chi connectivity index (χ0v) is 18.9. The number of nitrogens with one attached hydrogen (secondary N) is 3. The Kier molecular flexibility index (Phi) is 7.45. The molecule has 0 unspecified atom stereocenters. The number of hydrogen-bond acceptors (Lipinski definition) is 7. The molecule has 0 atom stereocenters. The average Bonchev–Trinajstić information content (AvgIpc) is 3.15. The Morgan fingerprint density at radius 1 is 1.16 bits per heavy atom. The van der Waals surface area contributed by atoms with Gasteiger partial charge in [-0.25, -0.2) is 14.6 Å². The van der Waals surface area contributed by atoms with Crippen LogP contribution < -0.4 is 16.0 Å². The van der Waals surface area contributed by atoms with Crippen LogP contribution in [0.4, 0.5) is 11.5 Å². The second-order valence-corrected chi connectivity index (χ2v) is 8.23. The summed E-state index contributed by atoms with van der Waals surface area (Å²) in [6.45, 7) is 7.41. The third kappa shape index (κ3) is 5.94. The smallest absolute Gasteiger partial charge is 0.251 e. The van der Waals surface area contributed by atoms with Gasteiger partial charge in [-0.1, -0.05) is 25.6 Å². The number of thioether (sulfide) groups is 1. The third-order valence-corrected chi connectivity index (χ3v) is 4.96. The fraction of sp³-hybridized carbons (Fsp3) is 0.381. The maximum atomic E-state index is 12.4. The zero-order chi connectivity index (χ0) is 22.4. The van der Waals surface area contributed by atoms with E-state index in [0.29, 0.717) is 35.4 Å². The van der Waals surface area contributed by atoms with E-state index in [1.165, 1.54) is 18.7 Å². The Hall–Kier alpha value is -3.14. The number of rotatable bonds is 9. The van der Waals surface area contributed by atoms with Crippen LogP contribution in [-0.4, -0.2) is 50.9 Å². The van der Waals surface area contributed by atoms with Crippen molar-refractivity contribution in [2.45, 2.75) is 32.5 Å². The van der Waals surface area contributed by atoms with Gasteiger partial charge in [-0.2, -0.15) is 5.10 Å². The molecule has 2 heterocycles. The largest absolute Gasteiger partial charge is 0.369 e. The molecule has 2 aromatic heterocycles. The summed E-state index contributed by atoms with van der Waals surface area (Å²) in [4.78, 5) is 32.7. The Labute approximate surface area is 185 Å². The summed E-state index contributed by atoms with van der Waals surface area (Å²) in [5, 5.41) is 14.9. The van der Waals surface area contributed by atoms with Crippen molar-refractivity contribution in [3.8, 4) is 0 Å². The van der Waals surface area contributed by atoms with Crippen LogP contribution in [0, 0.1) is 5.92 Å². The minimum atomic E-state index is -0.190. The van der Waals surface area contributed by atoms with Crippen LogP contribution in [0.15, 0.2) is 35.6 Å². The Bertz CT molecular complexity index is 1060. The monoisotopic (exact) mass is 441 g/mol. The first-order valence-electron chi connectivity index (χ1n) is 10.0. The van der Waals surface area contributed by atoms with Gasteiger partial charge in [-0.15, -0.1) is 0 Å². The maximum absolute atomic E-state index is 12.4. The summed E-state index contributed by atoms with van der Waals surface area (Å²) in [5.41, 5.74) is 1.91. The molecule has 0 saturated carbocycles. The topological polar surface area (TPSA) is 114 Å². The Balaban J connectivity index is 1.66. The third-order valence-electron chi connectivity index (χ3n) is 4.41. The van der Waals surface area contributed by atoms with E-state index >= 15 is 0 Å². The summed E-state index contributed by atoms with van der Waals surface area (Å²) < 4.78 is 1.78. The van der Waals surface area contributed by atoms with Gasteiger partial charge < -0.3 is 16.0 Å². The molecule has 0 bridgehead atoms. The summed E-state index contributed by atoms with van der Waals surface area (Å²) >= 11 is 1.48. The molecule has 0 radical (unpaired) electrons. The normalized spacial score (nSPS) is 11.0.